The predicted molar refractivity (Wildman–Crippen MR) is 142 cm³/mol. The molecule has 0 saturated carbocycles. The average molecular weight is 568 g/mol. The molecule has 6 nitrogen and oxygen atoms in total. The minimum absolute atomic E-state index is 0.00702. The number of nitrogens with one attached hydrogen (secondary N) is 1. The van der Waals surface area contributed by atoms with Crippen LogP contribution in [0.15, 0.2) is 47.5 Å². The molecule has 0 bridgehead atoms. The maximum Gasteiger partial charge on any atom is 0.249 e. The Hall–Kier alpha value is -2.53. The summed E-state index contributed by atoms with van der Waals surface area (Å²) in [5.41, 5.74) is 1.69. The maximum atomic E-state index is 15.7. The number of carbonyl (C=O) groups excluding carboxylic acids is 1. The number of hydrogen-bond donors (Lipinski definition) is 2. The van der Waals surface area contributed by atoms with Crippen LogP contribution in [-0.2, 0) is 4.79 Å². The fourth-order valence-electron chi connectivity index (χ4n) is 4.97. The van der Waals surface area contributed by atoms with Crippen LogP contribution in [0.3, 0.4) is 0 Å². The fourth-order valence-corrected chi connectivity index (χ4v) is 6.21. The van der Waals surface area contributed by atoms with Crippen molar-refractivity contribution in [1.29, 1.82) is 0 Å². The number of piperidine rings is 1. The van der Waals surface area contributed by atoms with E-state index < -0.39 is 29.1 Å². The van der Waals surface area contributed by atoms with Gasteiger partial charge in [-0.05, 0) is 69.1 Å². The molecule has 4 rings (SSSR count). The number of halogens is 4. The van der Waals surface area contributed by atoms with Gasteiger partial charge in [0.05, 0.1) is 28.0 Å². The minimum atomic E-state index is -1.46. The number of likely N-dealkylation sites (tertiary alicyclic amines) is 1. The van der Waals surface area contributed by atoms with Crippen LogP contribution in [0.4, 0.5) is 13.2 Å². The number of hydroxylamine groups is 1. The van der Waals surface area contributed by atoms with Crippen molar-refractivity contribution in [2.75, 3.05) is 32.5 Å². The Bertz CT molecular complexity index is 1270. The highest BCUT2D eigenvalue weighted by Crippen LogP contribution is 2.42. The van der Waals surface area contributed by atoms with Gasteiger partial charge in [0, 0.05) is 29.4 Å². The molecule has 11 heteroatoms. The van der Waals surface area contributed by atoms with Gasteiger partial charge in [0.1, 0.15) is 23.6 Å². The molecular weight excluding hydrogens is 539 g/mol. The molecule has 38 heavy (non-hydrogen) atoms. The van der Waals surface area contributed by atoms with Gasteiger partial charge in [-0.15, -0.1) is 11.8 Å². The number of amides is 1. The molecule has 3 aromatic rings. The second-order valence-electron chi connectivity index (χ2n) is 9.37. The summed E-state index contributed by atoms with van der Waals surface area (Å²) in [5.74, 6) is -0.697. The molecule has 0 radical (unpaired) electrons. The topological polar surface area (TPSA) is 74.7 Å². The first-order valence-corrected chi connectivity index (χ1v) is 13.6. The van der Waals surface area contributed by atoms with E-state index in [-0.39, 0.29) is 22.8 Å². The highest BCUT2D eigenvalue weighted by molar-refractivity contribution is 7.99. The van der Waals surface area contributed by atoms with Crippen molar-refractivity contribution >= 4 is 40.2 Å². The second-order valence-corrected chi connectivity index (χ2v) is 10.9. The maximum absolute atomic E-state index is 15.7. The molecule has 2 heterocycles. The lowest BCUT2D eigenvalue weighted by Gasteiger charge is -2.40. The van der Waals surface area contributed by atoms with E-state index in [1.165, 1.54) is 31.5 Å². The third-order valence-electron chi connectivity index (χ3n) is 7.23. The van der Waals surface area contributed by atoms with E-state index in [2.05, 4.69) is 9.88 Å². The number of methoxy groups -OCH3 is 1. The van der Waals surface area contributed by atoms with Crippen LogP contribution in [0, 0.1) is 17.0 Å². The molecule has 2 N–H and O–H groups in total. The molecule has 0 aliphatic carbocycles. The number of nitrogens with zero attached hydrogens (tertiary/aromatic N) is 2. The summed E-state index contributed by atoms with van der Waals surface area (Å²) in [6, 6.07) is 8.94. The lowest BCUT2D eigenvalue weighted by atomic mass is 9.73. The summed E-state index contributed by atoms with van der Waals surface area (Å²) in [5, 5.41) is 10.2. The van der Waals surface area contributed by atoms with Gasteiger partial charge in [0.25, 0.3) is 0 Å². The Morgan fingerprint density at radius 1 is 1.26 bits per heavy atom. The van der Waals surface area contributed by atoms with Gasteiger partial charge in [-0.3, -0.25) is 15.0 Å². The highest BCUT2D eigenvalue weighted by Gasteiger charge is 2.41. The van der Waals surface area contributed by atoms with Crippen LogP contribution >= 0.6 is 23.4 Å². The second kappa shape index (κ2) is 12.5. The number of rotatable bonds is 10. The predicted octanol–water partition coefficient (Wildman–Crippen LogP) is 6.35. The Morgan fingerprint density at radius 2 is 1.97 bits per heavy atom. The Labute approximate surface area is 228 Å². The summed E-state index contributed by atoms with van der Waals surface area (Å²) in [6.45, 7) is 1.63. The Kier molecular flexibility index (Phi) is 9.40. The third-order valence-corrected chi connectivity index (χ3v) is 8.59. The Balaban J connectivity index is 1.40. The number of aromatic nitrogens is 1. The molecule has 1 aliphatic heterocycles. The summed E-state index contributed by atoms with van der Waals surface area (Å²) < 4.78 is 48.7. The van der Waals surface area contributed by atoms with Crippen LogP contribution < -0.4 is 10.2 Å². The SMILES string of the molecule is COc1ccc2ncc(Cl)c(C(F)CCC3(C(=O)NO)CCN(CCSc4c(F)cccc4F)CC3)c2c1. The van der Waals surface area contributed by atoms with Crippen LogP contribution in [0.5, 0.6) is 5.75 Å². The van der Waals surface area contributed by atoms with E-state index in [0.29, 0.717) is 60.4 Å². The van der Waals surface area contributed by atoms with E-state index in [1.807, 2.05) is 0 Å². The van der Waals surface area contributed by atoms with E-state index in [4.69, 9.17) is 16.3 Å². The smallest absolute Gasteiger partial charge is 0.249 e. The first-order chi connectivity index (χ1) is 18.3. The molecule has 1 aromatic heterocycles. The molecule has 1 atom stereocenters. The first-order valence-electron chi connectivity index (χ1n) is 12.3. The summed E-state index contributed by atoms with van der Waals surface area (Å²) in [7, 11) is 1.52. The normalized spacial score (nSPS) is 16.4. The number of fused-ring (bicyclic) bond motifs is 1. The summed E-state index contributed by atoms with van der Waals surface area (Å²) in [6.07, 6.45) is 0.985. The number of hydrogen-bond acceptors (Lipinski definition) is 6. The third kappa shape index (κ3) is 6.20. The average Bonchev–Trinajstić information content (AvgIpc) is 2.93. The van der Waals surface area contributed by atoms with Crippen LogP contribution in [0.25, 0.3) is 10.9 Å². The van der Waals surface area contributed by atoms with Gasteiger partial charge < -0.3 is 9.64 Å². The molecule has 2 aromatic carbocycles. The highest BCUT2D eigenvalue weighted by atomic mass is 35.5. The summed E-state index contributed by atoms with van der Waals surface area (Å²) in [4.78, 5) is 19.1. The minimum Gasteiger partial charge on any atom is -0.497 e. The molecule has 1 aliphatic rings. The molecule has 0 spiro atoms. The number of ether oxygens (including phenoxy) is 1. The monoisotopic (exact) mass is 567 g/mol. The molecule has 204 valence electrons. The van der Waals surface area contributed by atoms with E-state index in [1.54, 1.807) is 23.7 Å². The Morgan fingerprint density at radius 3 is 2.63 bits per heavy atom. The molecule has 1 saturated heterocycles. The van der Waals surface area contributed by atoms with Crippen molar-refractivity contribution in [3.05, 3.63) is 64.8 Å². The van der Waals surface area contributed by atoms with E-state index in [0.717, 1.165) is 11.8 Å². The van der Waals surface area contributed by atoms with E-state index >= 15 is 4.39 Å². The van der Waals surface area contributed by atoms with Gasteiger partial charge in [0.2, 0.25) is 5.91 Å². The van der Waals surface area contributed by atoms with Crippen molar-refractivity contribution in [3.8, 4) is 5.75 Å². The first kappa shape index (κ1) is 28.5. The van der Waals surface area contributed by atoms with Crippen molar-refractivity contribution < 1.29 is 27.9 Å². The lowest BCUT2D eigenvalue weighted by molar-refractivity contribution is -0.143. The van der Waals surface area contributed by atoms with Gasteiger partial charge in [0.15, 0.2) is 0 Å². The van der Waals surface area contributed by atoms with Gasteiger partial charge in [-0.2, -0.15) is 0 Å². The van der Waals surface area contributed by atoms with Gasteiger partial charge in [-0.25, -0.2) is 18.7 Å². The quantitative estimate of drug-likeness (QED) is 0.169. The number of alkyl halides is 1. The van der Waals surface area contributed by atoms with E-state index in [9.17, 15) is 18.8 Å². The zero-order chi connectivity index (χ0) is 27.3. The number of carbonyl (C=O) groups is 1. The standard InChI is InChI=1S/C27H29ClF3N3O3S/c1-37-17-5-6-23-18(15-17)24(19(28)16-32-23)20(29)7-8-27(26(35)33-36)9-11-34(12-10-27)13-14-38-25-21(30)3-2-4-22(25)31/h2-6,15-16,20,36H,7-14H2,1H3,(H,33,35). The zero-order valence-corrected chi connectivity index (χ0v) is 22.4. The molecule has 1 unspecified atom stereocenters. The molecular formula is C27H29ClF3N3O3S. The van der Waals surface area contributed by atoms with Crippen LogP contribution in [0.2, 0.25) is 5.02 Å². The van der Waals surface area contributed by atoms with Crippen molar-refractivity contribution in [2.24, 2.45) is 5.41 Å². The van der Waals surface area contributed by atoms with Crippen molar-refractivity contribution in [3.63, 3.8) is 0 Å². The van der Waals surface area contributed by atoms with Gasteiger partial charge in [-0.1, -0.05) is 17.7 Å². The summed E-state index contributed by atoms with van der Waals surface area (Å²) >= 11 is 7.46. The molecule has 1 fully saturated rings. The number of thioether (sulfide) groups is 1. The van der Waals surface area contributed by atoms with Crippen LogP contribution in [-0.4, -0.2) is 53.5 Å². The van der Waals surface area contributed by atoms with Crippen molar-refractivity contribution in [1.82, 2.24) is 15.4 Å². The number of benzene rings is 2. The van der Waals surface area contributed by atoms with Crippen LogP contribution in [0.1, 0.15) is 37.4 Å². The fraction of sp³-hybridized carbons (Fsp3) is 0.407. The number of pyridine rings is 1. The largest absolute Gasteiger partial charge is 0.497 e. The molecule has 1 amide bonds. The lowest BCUT2D eigenvalue weighted by Crippen LogP contribution is -2.48. The van der Waals surface area contributed by atoms with Gasteiger partial charge >= 0.3 is 0 Å². The zero-order valence-electron chi connectivity index (χ0n) is 20.9. The van der Waals surface area contributed by atoms with Crippen molar-refractivity contribution in [2.45, 2.75) is 36.8 Å².